The highest BCUT2D eigenvalue weighted by Crippen LogP contribution is 2.32. The quantitative estimate of drug-likeness (QED) is 0.823. The van der Waals surface area contributed by atoms with Crippen molar-refractivity contribution >= 4 is 0 Å². The third kappa shape index (κ3) is 2.25. The van der Waals surface area contributed by atoms with E-state index >= 15 is 0 Å². The number of rotatable bonds is 3. The van der Waals surface area contributed by atoms with E-state index in [1.807, 2.05) is 6.92 Å². The lowest BCUT2D eigenvalue weighted by atomic mass is 10.2. The molecule has 0 aromatic carbocycles. The van der Waals surface area contributed by atoms with E-state index in [-0.39, 0.29) is 5.69 Å². The van der Waals surface area contributed by atoms with Crippen LogP contribution in [0, 0.1) is 0 Å². The molecule has 80 valence electrons. The van der Waals surface area contributed by atoms with Crippen molar-refractivity contribution in [1.82, 2.24) is 9.78 Å². The molecule has 0 radical (unpaired) electrons. The van der Waals surface area contributed by atoms with Crippen LogP contribution in [0.5, 0.6) is 0 Å². The van der Waals surface area contributed by atoms with Crippen LogP contribution in [0.4, 0.5) is 13.2 Å². The van der Waals surface area contributed by atoms with Crippen LogP contribution in [0.3, 0.4) is 0 Å². The van der Waals surface area contributed by atoms with Gasteiger partial charge in [0, 0.05) is 12.7 Å². The molecule has 0 bridgehead atoms. The molecule has 1 aromatic heterocycles. The van der Waals surface area contributed by atoms with Crippen molar-refractivity contribution in [3.8, 4) is 0 Å². The first-order valence-corrected chi connectivity index (χ1v) is 4.23. The maximum Gasteiger partial charge on any atom is 0.420 e. The zero-order chi connectivity index (χ0) is 10.8. The number of hydrogen-bond donors (Lipinski definition) is 1. The summed E-state index contributed by atoms with van der Waals surface area (Å²) in [6.45, 7) is 2.20. The molecule has 1 N–H and O–H groups in total. The monoisotopic (exact) mass is 208 g/mol. The molecule has 0 aliphatic rings. The normalized spacial score (nSPS) is 14.4. The molecule has 1 rings (SSSR count). The van der Waals surface area contributed by atoms with Gasteiger partial charge in [0.2, 0.25) is 0 Å². The number of hydrogen-bond acceptors (Lipinski definition) is 2. The molecule has 1 heterocycles. The zero-order valence-corrected chi connectivity index (χ0v) is 7.62. The number of aliphatic hydroxyl groups is 1. The predicted molar refractivity (Wildman–Crippen MR) is 43.5 cm³/mol. The summed E-state index contributed by atoms with van der Waals surface area (Å²) in [5.74, 6) is 0. The Balaban J connectivity index is 2.89. The van der Waals surface area contributed by atoms with Crippen molar-refractivity contribution in [2.24, 2.45) is 0 Å². The average molecular weight is 208 g/mol. The first kappa shape index (κ1) is 11.0. The lowest BCUT2D eigenvalue weighted by Gasteiger charge is -2.15. The van der Waals surface area contributed by atoms with Crippen molar-refractivity contribution in [2.45, 2.75) is 32.2 Å². The van der Waals surface area contributed by atoms with Crippen LogP contribution in [-0.4, -0.2) is 21.1 Å². The van der Waals surface area contributed by atoms with Gasteiger partial charge in [-0.25, -0.2) is 0 Å². The van der Waals surface area contributed by atoms with Crippen LogP contribution in [0.1, 0.15) is 25.1 Å². The van der Waals surface area contributed by atoms with Crippen molar-refractivity contribution < 1.29 is 18.3 Å². The Morgan fingerprint density at radius 3 is 2.71 bits per heavy atom. The van der Waals surface area contributed by atoms with E-state index in [2.05, 4.69) is 5.10 Å². The Hall–Kier alpha value is -1.04. The number of alkyl halides is 3. The first-order valence-electron chi connectivity index (χ1n) is 4.23. The second kappa shape index (κ2) is 4.00. The molecule has 1 aromatic rings. The van der Waals surface area contributed by atoms with Gasteiger partial charge >= 0.3 is 6.18 Å². The topological polar surface area (TPSA) is 38.0 Å². The van der Waals surface area contributed by atoms with E-state index in [1.165, 1.54) is 12.3 Å². The fraction of sp³-hybridized carbons (Fsp3) is 0.625. The number of nitrogens with zero attached hydrogens (tertiary/aromatic N) is 2. The molecular weight excluding hydrogens is 197 g/mol. The van der Waals surface area contributed by atoms with E-state index < -0.39 is 12.3 Å². The van der Waals surface area contributed by atoms with Crippen LogP contribution in [0.25, 0.3) is 0 Å². The van der Waals surface area contributed by atoms with Crippen molar-refractivity contribution in [2.75, 3.05) is 0 Å². The van der Waals surface area contributed by atoms with E-state index in [4.69, 9.17) is 5.11 Å². The number of aryl methyl sites for hydroxylation is 1. The Bertz CT molecular complexity index is 295. The smallest absolute Gasteiger partial charge is 0.378 e. The summed E-state index contributed by atoms with van der Waals surface area (Å²) < 4.78 is 37.6. The molecule has 0 unspecified atom stereocenters. The van der Waals surface area contributed by atoms with Gasteiger partial charge in [-0.15, -0.1) is 0 Å². The van der Waals surface area contributed by atoms with Gasteiger partial charge in [0.25, 0.3) is 0 Å². The standard InChI is InChI=1S/C8H11F3N2O/c1-2-5-13-6(3-4-12-13)7(14)8(9,10)11/h3-4,7,14H,2,5H2,1H3/t7-/m0/s1. The Morgan fingerprint density at radius 1 is 1.57 bits per heavy atom. The SMILES string of the molecule is CCCn1nccc1[C@H](O)C(F)(F)F. The lowest BCUT2D eigenvalue weighted by molar-refractivity contribution is -0.208. The summed E-state index contributed by atoms with van der Waals surface area (Å²) in [7, 11) is 0. The fourth-order valence-electron chi connectivity index (χ4n) is 1.14. The Kier molecular flexibility index (Phi) is 3.15. The first-order chi connectivity index (χ1) is 6.46. The second-order valence-electron chi connectivity index (χ2n) is 2.92. The second-order valence-corrected chi connectivity index (χ2v) is 2.92. The highest BCUT2D eigenvalue weighted by Gasteiger charge is 2.41. The molecular formula is C8H11F3N2O. The number of halogens is 3. The summed E-state index contributed by atoms with van der Waals surface area (Å²) >= 11 is 0. The molecule has 14 heavy (non-hydrogen) atoms. The zero-order valence-electron chi connectivity index (χ0n) is 7.62. The van der Waals surface area contributed by atoms with E-state index in [1.54, 1.807) is 0 Å². The summed E-state index contributed by atoms with van der Waals surface area (Å²) in [4.78, 5) is 0. The van der Waals surface area contributed by atoms with E-state index in [0.29, 0.717) is 13.0 Å². The van der Waals surface area contributed by atoms with Gasteiger partial charge in [-0.1, -0.05) is 6.92 Å². The molecule has 3 nitrogen and oxygen atoms in total. The van der Waals surface area contributed by atoms with E-state index in [9.17, 15) is 13.2 Å². The van der Waals surface area contributed by atoms with Crippen LogP contribution < -0.4 is 0 Å². The maximum atomic E-state index is 12.1. The highest BCUT2D eigenvalue weighted by atomic mass is 19.4. The molecule has 0 aliphatic carbocycles. The Labute approximate surface area is 79.2 Å². The third-order valence-corrected chi connectivity index (χ3v) is 1.78. The van der Waals surface area contributed by atoms with Crippen LogP contribution >= 0.6 is 0 Å². The number of aromatic nitrogens is 2. The molecule has 0 saturated carbocycles. The average Bonchev–Trinajstić information content (AvgIpc) is 2.50. The van der Waals surface area contributed by atoms with E-state index in [0.717, 1.165) is 4.68 Å². The minimum Gasteiger partial charge on any atom is -0.378 e. The molecule has 1 atom stereocenters. The van der Waals surface area contributed by atoms with Crippen LogP contribution in [-0.2, 0) is 6.54 Å². The summed E-state index contributed by atoms with van der Waals surface area (Å²) in [5, 5.41) is 12.7. The van der Waals surface area contributed by atoms with Gasteiger partial charge in [-0.2, -0.15) is 18.3 Å². The molecule has 0 aliphatic heterocycles. The van der Waals surface area contributed by atoms with Crippen molar-refractivity contribution in [3.05, 3.63) is 18.0 Å². The Morgan fingerprint density at radius 2 is 2.21 bits per heavy atom. The summed E-state index contributed by atoms with van der Waals surface area (Å²) in [5.41, 5.74) is -0.209. The van der Waals surface area contributed by atoms with Crippen LogP contribution in [0.2, 0.25) is 0 Å². The predicted octanol–water partition coefficient (Wildman–Crippen LogP) is 1.89. The van der Waals surface area contributed by atoms with Crippen LogP contribution in [0.15, 0.2) is 12.3 Å². The molecule has 0 amide bonds. The number of aliphatic hydroxyl groups excluding tert-OH is 1. The minimum absolute atomic E-state index is 0.209. The van der Waals surface area contributed by atoms with Gasteiger partial charge < -0.3 is 5.11 Å². The minimum atomic E-state index is -4.63. The third-order valence-electron chi connectivity index (χ3n) is 1.78. The molecule has 0 spiro atoms. The molecule has 0 saturated heterocycles. The van der Waals surface area contributed by atoms with Gasteiger partial charge in [0.1, 0.15) is 0 Å². The lowest BCUT2D eigenvalue weighted by Crippen LogP contribution is -2.23. The summed E-state index contributed by atoms with van der Waals surface area (Å²) in [6, 6.07) is 1.17. The van der Waals surface area contributed by atoms with Crippen molar-refractivity contribution in [1.29, 1.82) is 0 Å². The van der Waals surface area contributed by atoms with Crippen molar-refractivity contribution in [3.63, 3.8) is 0 Å². The van der Waals surface area contributed by atoms with Gasteiger partial charge in [-0.05, 0) is 12.5 Å². The fourth-order valence-corrected chi connectivity index (χ4v) is 1.14. The molecule has 0 fully saturated rings. The van der Waals surface area contributed by atoms with Gasteiger partial charge in [0.05, 0.1) is 5.69 Å². The summed E-state index contributed by atoms with van der Waals surface area (Å²) in [6.07, 6.45) is -5.17. The molecule has 6 heteroatoms. The largest absolute Gasteiger partial charge is 0.420 e. The van der Waals surface area contributed by atoms with Gasteiger partial charge in [-0.3, -0.25) is 4.68 Å². The highest BCUT2D eigenvalue weighted by molar-refractivity contribution is 5.06. The maximum absolute atomic E-state index is 12.1. The van der Waals surface area contributed by atoms with Gasteiger partial charge in [0.15, 0.2) is 6.10 Å².